The molecule has 2 atom stereocenters. The average Bonchev–Trinajstić information content (AvgIpc) is 4.11. The summed E-state index contributed by atoms with van der Waals surface area (Å²) in [6.07, 6.45) is 2.32. The zero-order valence-electron chi connectivity index (χ0n) is 47.3. The van der Waals surface area contributed by atoms with Crippen LogP contribution in [0.3, 0.4) is 0 Å². The van der Waals surface area contributed by atoms with Gasteiger partial charge in [0.2, 0.25) is 11.8 Å². The summed E-state index contributed by atoms with van der Waals surface area (Å²) in [5, 5.41) is 26.6. The van der Waals surface area contributed by atoms with Gasteiger partial charge < -0.3 is 56.2 Å². The van der Waals surface area contributed by atoms with Crippen LogP contribution in [0.2, 0.25) is 0 Å². The number of fused-ring (bicyclic) bond motifs is 2. The van der Waals surface area contributed by atoms with E-state index >= 15 is 0 Å². The van der Waals surface area contributed by atoms with Gasteiger partial charge in [0.1, 0.15) is 5.75 Å². The number of methoxy groups -OCH3 is 1. The third kappa shape index (κ3) is 13.1. The number of hydrogen-bond donors (Lipinski definition) is 6. The lowest BCUT2D eigenvalue weighted by molar-refractivity contribution is -0.112. The standard InChI is InChI=1S/C30H37N7O4.C29H35N7O3/c1-8-25(38)31-20-14-15-21(24(16-20)41-7)28(39)33-27-22-17-37(30(2,3)26(22)36(6)34-27)29(40)32-23(18-35(4)5)19-12-10-9-11-13-19;1-7-24(37)30-21-15-11-14-20(16-21)27(38)32-26-22-17-36(29(2,3)25(22)35(6)33-26)28(39)31-23(18-34(4)5)19-12-9-8-10-13-19/h8-16,23H,1,17-18H2,2-7H3,(H,31,38)(H,32,40)(H,33,34,39);7-16,23H,1,17-18H2,2-6H3,(H,30,37)(H,31,39)(H,32,33,38)/t2*23-/m11/s1. The maximum absolute atomic E-state index is 13.7. The van der Waals surface area contributed by atoms with Crippen LogP contribution < -0.4 is 36.6 Å². The van der Waals surface area contributed by atoms with Crippen LogP contribution >= 0.6 is 0 Å². The molecular formula is C59H72N14O7. The minimum absolute atomic E-state index is 0.195. The van der Waals surface area contributed by atoms with Crippen LogP contribution in [0, 0.1) is 0 Å². The van der Waals surface area contributed by atoms with Crippen LogP contribution in [0.5, 0.6) is 5.75 Å². The minimum Gasteiger partial charge on any atom is -0.496 e. The summed E-state index contributed by atoms with van der Waals surface area (Å²) in [5.74, 6) is -0.492. The highest BCUT2D eigenvalue weighted by Gasteiger charge is 2.47. The minimum atomic E-state index is -0.688. The molecule has 4 heterocycles. The van der Waals surface area contributed by atoms with Gasteiger partial charge in [-0.3, -0.25) is 28.5 Å². The number of likely N-dealkylation sites (N-methyl/N-ethyl adjacent to an activating group) is 2. The number of amides is 8. The van der Waals surface area contributed by atoms with Crippen molar-refractivity contribution >= 4 is 58.7 Å². The smallest absolute Gasteiger partial charge is 0.319 e. The van der Waals surface area contributed by atoms with Crippen molar-refractivity contribution in [2.45, 2.75) is 63.9 Å². The molecular weight excluding hydrogens is 1020 g/mol. The summed E-state index contributed by atoms with van der Waals surface area (Å²) < 4.78 is 8.83. The largest absolute Gasteiger partial charge is 0.496 e. The van der Waals surface area contributed by atoms with E-state index in [0.717, 1.165) is 45.8 Å². The lowest BCUT2D eigenvalue weighted by Gasteiger charge is -2.34. The number of benzene rings is 4. The normalized spacial score (nSPS) is 14.4. The number of rotatable bonds is 17. The predicted octanol–water partition coefficient (Wildman–Crippen LogP) is 7.73. The predicted molar refractivity (Wildman–Crippen MR) is 309 cm³/mol. The molecule has 0 saturated carbocycles. The maximum atomic E-state index is 13.7. The molecule has 0 aliphatic carbocycles. The van der Waals surface area contributed by atoms with E-state index in [1.54, 1.807) is 68.7 Å². The fraction of sp³-hybridized carbons (Fsp3) is 0.322. The van der Waals surface area contributed by atoms with E-state index in [-0.39, 0.29) is 66.3 Å². The van der Waals surface area contributed by atoms with Crippen LogP contribution in [0.25, 0.3) is 0 Å². The Morgan fingerprint density at radius 2 is 1.04 bits per heavy atom. The van der Waals surface area contributed by atoms with Crippen LogP contribution in [0.1, 0.15) is 94.1 Å². The van der Waals surface area contributed by atoms with Gasteiger partial charge in [0.25, 0.3) is 11.8 Å². The summed E-state index contributed by atoms with van der Waals surface area (Å²) >= 11 is 0. The molecule has 2 aliphatic heterocycles. The highest BCUT2D eigenvalue weighted by molar-refractivity contribution is 6.08. The number of carbonyl (C=O) groups excluding carboxylic acids is 6. The molecule has 2 aromatic heterocycles. The molecule has 0 fully saturated rings. The quantitative estimate of drug-likeness (QED) is 0.0484. The van der Waals surface area contributed by atoms with E-state index in [1.807, 2.05) is 133 Å². The Balaban J connectivity index is 0.000000231. The Morgan fingerprint density at radius 1 is 0.600 bits per heavy atom. The number of anilines is 4. The molecule has 8 amide bonds. The number of nitrogens with zero attached hydrogens (tertiary/aromatic N) is 8. The Morgan fingerprint density at radius 3 is 1.46 bits per heavy atom. The first-order valence-corrected chi connectivity index (χ1v) is 25.9. The van der Waals surface area contributed by atoms with E-state index in [1.165, 1.54) is 7.11 Å². The second-order valence-corrected chi connectivity index (χ2v) is 21.0. The second kappa shape index (κ2) is 24.7. The van der Waals surface area contributed by atoms with Crippen molar-refractivity contribution in [1.29, 1.82) is 0 Å². The molecule has 21 heteroatoms. The van der Waals surface area contributed by atoms with Gasteiger partial charge in [-0.05, 0) is 109 Å². The number of aryl methyl sites for hydroxylation is 2. The van der Waals surface area contributed by atoms with Crippen molar-refractivity contribution in [3.63, 3.8) is 0 Å². The van der Waals surface area contributed by atoms with Crippen LogP contribution in [-0.2, 0) is 47.9 Å². The Kier molecular flexibility index (Phi) is 18.1. The van der Waals surface area contributed by atoms with Gasteiger partial charge in [-0.2, -0.15) is 10.2 Å². The fourth-order valence-corrected chi connectivity index (χ4v) is 10.2. The lowest BCUT2D eigenvalue weighted by Crippen LogP contribution is -2.49. The molecule has 2 aliphatic rings. The van der Waals surface area contributed by atoms with Gasteiger partial charge in [0.05, 0.1) is 60.3 Å². The highest BCUT2D eigenvalue weighted by atomic mass is 16.5. The molecule has 4 aromatic carbocycles. The van der Waals surface area contributed by atoms with Crippen molar-refractivity contribution in [2.75, 3.05) is 69.7 Å². The first kappa shape index (κ1) is 58.6. The summed E-state index contributed by atoms with van der Waals surface area (Å²) in [4.78, 5) is 84.7. The third-order valence-electron chi connectivity index (χ3n) is 14.0. The Hall–Kier alpha value is -9.08. The Labute approximate surface area is 467 Å². The van der Waals surface area contributed by atoms with E-state index in [2.05, 4.69) is 55.3 Å². The molecule has 80 heavy (non-hydrogen) atoms. The van der Waals surface area contributed by atoms with Crippen molar-refractivity contribution in [1.82, 2.24) is 49.8 Å². The van der Waals surface area contributed by atoms with Crippen LogP contribution in [0.15, 0.2) is 128 Å². The molecule has 0 bridgehead atoms. The van der Waals surface area contributed by atoms with Crippen molar-refractivity contribution < 1.29 is 33.5 Å². The fourth-order valence-electron chi connectivity index (χ4n) is 10.2. The average molecular weight is 1090 g/mol. The van der Waals surface area contributed by atoms with E-state index in [0.29, 0.717) is 41.7 Å². The first-order valence-electron chi connectivity index (χ1n) is 25.9. The molecule has 0 spiro atoms. The molecule has 420 valence electrons. The zero-order valence-corrected chi connectivity index (χ0v) is 47.3. The zero-order chi connectivity index (χ0) is 58.2. The number of urea groups is 2. The van der Waals surface area contributed by atoms with Crippen molar-refractivity contribution in [3.05, 3.63) is 173 Å². The monoisotopic (exact) mass is 1090 g/mol. The molecule has 8 rings (SSSR count). The van der Waals surface area contributed by atoms with Gasteiger partial charge in [0.15, 0.2) is 11.6 Å². The number of ether oxygens (including phenoxy) is 1. The molecule has 6 N–H and O–H groups in total. The van der Waals surface area contributed by atoms with Crippen molar-refractivity contribution in [3.8, 4) is 5.75 Å². The lowest BCUT2D eigenvalue weighted by atomic mass is 10.0. The third-order valence-corrected chi connectivity index (χ3v) is 14.0. The Bertz CT molecular complexity index is 3290. The number of aromatic nitrogens is 4. The SMILES string of the molecule is C=CC(=O)Nc1ccc(C(=O)Nc2nn(C)c3c2CN(C(=O)N[C@H](CN(C)C)c2ccccc2)C3(C)C)c(OC)c1.C=CC(=O)Nc1cccc(C(=O)Nc2nn(C)c3c2CN(C(=O)N[C@H](CN(C)C)c2ccccc2)C3(C)C)c1. The molecule has 0 saturated heterocycles. The van der Waals surface area contributed by atoms with Gasteiger partial charge in [-0.25, -0.2) is 9.59 Å². The van der Waals surface area contributed by atoms with Crippen LogP contribution in [0.4, 0.5) is 32.6 Å². The molecule has 0 unspecified atom stereocenters. The molecule has 0 radical (unpaired) electrons. The van der Waals surface area contributed by atoms with E-state index in [4.69, 9.17) is 4.74 Å². The summed E-state index contributed by atoms with van der Waals surface area (Å²) in [6.45, 7) is 16.6. The van der Waals surface area contributed by atoms with E-state index in [9.17, 15) is 28.8 Å². The van der Waals surface area contributed by atoms with Gasteiger partial charge >= 0.3 is 12.1 Å². The first-order chi connectivity index (χ1) is 38.0. The number of nitrogens with one attached hydrogen (secondary N) is 6. The van der Waals surface area contributed by atoms with Crippen LogP contribution in [-0.4, -0.2) is 123 Å². The topological polar surface area (TPSA) is 232 Å². The summed E-state index contributed by atoms with van der Waals surface area (Å²) in [6, 6.07) is 30.3. The maximum Gasteiger partial charge on any atom is 0.319 e. The molecule has 6 aromatic rings. The van der Waals surface area contributed by atoms with Crippen molar-refractivity contribution in [2.24, 2.45) is 14.1 Å². The highest BCUT2D eigenvalue weighted by Crippen LogP contribution is 2.44. The number of carbonyl (C=O) groups is 6. The number of hydrogen-bond acceptors (Lipinski definition) is 11. The summed E-state index contributed by atoms with van der Waals surface area (Å²) in [5.41, 5.74) is 5.49. The van der Waals surface area contributed by atoms with E-state index < -0.39 is 17.0 Å². The molecule has 21 nitrogen and oxygen atoms in total. The van der Waals surface area contributed by atoms with Gasteiger partial charge in [-0.15, -0.1) is 0 Å². The second-order valence-electron chi connectivity index (χ2n) is 21.0. The summed E-state index contributed by atoms with van der Waals surface area (Å²) in [7, 11) is 12.9. The van der Waals surface area contributed by atoms with Gasteiger partial charge in [-0.1, -0.05) is 79.9 Å². The van der Waals surface area contributed by atoms with Gasteiger partial charge in [0, 0.05) is 61.3 Å².